The SMILES string of the molecule is COc1c([C@@H]2[C@@H](C(=O)Nc3cncc(C(N)=O)n3)O[C@@](C)(C(F)(F)F)[C@@H]2C)ccc(F)c1F. The van der Waals surface area contributed by atoms with Crippen LogP contribution in [0.25, 0.3) is 0 Å². The van der Waals surface area contributed by atoms with Gasteiger partial charge in [0, 0.05) is 17.4 Å². The van der Waals surface area contributed by atoms with E-state index in [9.17, 15) is 31.5 Å². The summed E-state index contributed by atoms with van der Waals surface area (Å²) in [5, 5.41) is 2.23. The molecule has 4 atom stereocenters. The number of amides is 2. The zero-order valence-electron chi connectivity index (χ0n) is 17.5. The number of nitrogens with two attached hydrogens (primary N) is 1. The van der Waals surface area contributed by atoms with Crippen molar-refractivity contribution in [2.75, 3.05) is 12.4 Å². The van der Waals surface area contributed by atoms with Gasteiger partial charge in [-0.1, -0.05) is 13.0 Å². The summed E-state index contributed by atoms with van der Waals surface area (Å²) in [5.41, 5.74) is 1.82. The van der Waals surface area contributed by atoms with Gasteiger partial charge in [-0.05, 0) is 13.0 Å². The third-order valence-electron chi connectivity index (χ3n) is 5.71. The predicted molar refractivity (Wildman–Crippen MR) is 103 cm³/mol. The average molecular weight is 474 g/mol. The van der Waals surface area contributed by atoms with Crippen molar-refractivity contribution in [3.8, 4) is 5.75 Å². The van der Waals surface area contributed by atoms with Gasteiger partial charge < -0.3 is 20.5 Å². The molecular formula is C20H19F5N4O4. The van der Waals surface area contributed by atoms with Crippen LogP contribution in [-0.4, -0.2) is 46.8 Å². The highest BCUT2D eigenvalue weighted by Crippen LogP contribution is 2.54. The number of halogens is 5. The number of aromatic nitrogens is 2. The van der Waals surface area contributed by atoms with Gasteiger partial charge in [-0.25, -0.2) is 9.37 Å². The summed E-state index contributed by atoms with van der Waals surface area (Å²) >= 11 is 0. The molecule has 178 valence electrons. The van der Waals surface area contributed by atoms with Crippen molar-refractivity contribution in [3.05, 3.63) is 47.4 Å². The first kappa shape index (κ1) is 24.3. The first-order valence-electron chi connectivity index (χ1n) is 9.51. The average Bonchev–Trinajstić information content (AvgIpc) is 3.02. The second-order valence-corrected chi connectivity index (χ2v) is 7.58. The Kier molecular flexibility index (Phi) is 6.29. The number of ether oxygens (including phenoxy) is 2. The zero-order valence-corrected chi connectivity index (χ0v) is 17.5. The predicted octanol–water partition coefficient (Wildman–Crippen LogP) is 2.94. The monoisotopic (exact) mass is 474 g/mol. The van der Waals surface area contributed by atoms with Crippen molar-refractivity contribution in [3.63, 3.8) is 0 Å². The van der Waals surface area contributed by atoms with E-state index in [1.165, 1.54) is 6.92 Å². The summed E-state index contributed by atoms with van der Waals surface area (Å²) in [6.07, 6.45) is -4.65. The van der Waals surface area contributed by atoms with Crippen molar-refractivity contribution >= 4 is 17.6 Å². The Morgan fingerprint density at radius 3 is 2.48 bits per heavy atom. The van der Waals surface area contributed by atoms with Crippen LogP contribution in [0.4, 0.5) is 27.8 Å². The summed E-state index contributed by atoms with van der Waals surface area (Å²) in [6, 6.07) is 1.76. The number of primary amides is 1. The fourth-order valence-electron chi connectivity index (χ4n) is 3.78. The number of alkyl halides is 3. The number of nitrogens with one attached hydrogen (secondary N) is 1. The van der Waals surface area contributed by atoms with Crippen LogP contribution in [-0.2, 0) is 9.53 Å². The number of nitrogens with zero attached hydrogens (tertiary/aromatic N) is 2. The molecule has 8 nitrogen and oxygen atoms in total. The van der Waals surface area contributed by atoms with Gasteiger partial charge in [-0.2, -0.15) is 17.6 Å². The fraction of sp³-hybridized carbons (Fsp3) is 0.400. The molecule has 2 aromatic rings. The normalized spacial score (nSPS) is 25.0. The maximum Gasteiger partial charge on any atom is 0.417 e. The van der Waals surface area contributed by atoms with Gasteiger partial charge in [-0.3, -0.25) is 14.6 Å². The fourth-order valence-corrected chi connectivity index (χ4v) is 3.78. The molecule has 2 amide bonds. The number of carbonyl (C=O) groups excluding carboxylic acids is 2. The molecule has 0 bridgehead atoms. The highest BCUT2D eigenvalue weighted by atomic mass is 19.4. The lowest BCUT2D eigenvalue weighted by Crippen LogP contribution is -2.47. The number of hydrogen-bond acceptors (Lipinski definition) is 6. The maximum absolute atomic E-state index is 14.3. The Balaban J connectivity index is 2.07. The summed E-state index contributed by atoms with van der Waals surface area (Å²) in [6.45, 7) is 1.94. The molecule has 1 aromatic carbocycles. The highest BCUT2D eigenvalue weighted by Gasteiger charge is 2.65. The van der Waals surface area contributed by atoms with Crippen molar-refractivity contribution in [1.82, 2.24) is 9.97 Å². The summed E-state index contributed by atoms with van der Waals surface area (Å²) < 4.78 is 79.9. The molecule has 0 saturated carbocycles. The number of methoxy groups -OCH3 is 1. The number of carbonyl (C=O) groups is 2. The van der Waals surface area contributed by atoms with Crippen LogP contribution in [0, 0.1) is 17.6 Å². The van der Waals surface area contributed by atoms with E-state index in [-0.39, 0.29) is 17.1 Å². The van der Waals surface area contributed by atoms with E-state index in [4.69, 9.17) is 15.2 Å². The molecule has 1 aliphatic heterocycles. The van der Waals surface area contributed by atoms with Gasteiger partial charge in [0.05, 0.1) is 19.5 Å². The standard InChI is InChI=1S/C20H19F5N4O4/c1-8-13(9-4-5-10(21)14(22)15(9)32-3)16(33-19(8,2)20(23,24)25)18(31)29-12-7-27-6-11(28-12)17(26)30/h4-8,13,16H,1-3H3,(H2,26,30)(H,28,29,31)/t8-,13-,16+,19-/m1/s1. The Hall–Kier alpha value is -3.35. The van der Waals surface area contributed by atoms with E-state index in [0.29, 0.717) is 0 Å². The van der Waals surface area contributed by atoms with Gasteiger partial charge in [0.2, 0.25) is 5.82 Å². The number of anilines is 1. The molecule has 33 heavy (non-hydrogen) atoms. The van der Waals surface area contributed by atoms with Crippen molar-refractivity contribution < 1.29 is 41.0 Å². The lowest BCUT2D eigenvalue weighted by Gasteiger charge is -2.32. The Morgan fingerprint density at radius 2 is 1.91 bits per heavy atom. The van der Waals surface area contributed by atoms with Crippen LogP contribution in [0.15, 0.2) is 24.5 Å². The largest absolute Gasteiger partial charge is 0.493 e. The molecule has 2 heterocycles. The lowest BCUT2D eigenvalue weighted by molar-refractivity contribution is -0.272. The molecule has 0 unspecified atom stereocenters. The number of rotatable bonds is 5. The molecule has 3 N–H and O–H groups in total. The van der Waals surface area contributed by atoms with Crippen molar-refractivity contribution in [2.24, 2.45) is 11.7 Å². The van der Waals surface area contributed by atoms with Crippen LogP contribution >= 0.6 is 0 Å². The molecule has 1 saturated heterocycles. The van der Waals surface area contributed by atoms with E-state index >= 15 is 0 Å². The minimum Gasteiger partial charge on any atom is -0.493 e. The Morgan fingerprint density at radius 1 is 1.24 bits per heavy atom. The number of benzene rings is 1. The van der Waals surface area contributed by atoms with Gasteiger partial charge in [-0.15, -0.1) is 0 Å². The third-order valence-corrected chi connectivity index (χ3v) is 5.71. The zero-order chi connectivity index (χ0) is 24.7. The first-order valence-corrected chi connectivity index (χ1v) is 9.51. The minimum absolute atomic E-state index is 0.186. The van der Waals surface area contributed by atoms with Gasteiger partial charge in [0.1, 0.15) is 11.8 Å². The van der Waals surface area contributed by atoms with Crippen LogP contribution in [0.2, 0.25) is 0 Å². The van der Waals surface area contributed by atoms with Gasteiger partial charge in [0.25, 0.3) is 11.8 Å². The van der Waals surface area contributed by atoms with Crippen LogP contribution < -0.4 is 15.8 Å². The molecule has 1 fully saturated rings. The van der Waals surface area contributed by atoms with Crippen molar-refractivity contribution in [2.45, 2.75) is 37.6 Å². The summed E-state index contributed by atoms with van der Waals surface area (Å²) in [7, 11) is 1.02. The molecule has 13 heteroatoms. The maximum atomic E-state index is 14.3. The first-order chi connectivity index (χ1) is 15.3. The van der Waals surface area contributed by atoms with Crippen molar-refractivity contribution in [1.29, 1.82) is 0 Å². The Labute approximate surface area is 184 Å². The topological polar surface area (TPSA) is 116 Å². The van der Waals surface area contributed by atoms with Crippen LogP contribution in [0.3, 0.4) is 0 Å². The second kappa shape index (κ2) is 8.54. The molecule has 0 spiro atoms. The summed E-state index contributed by atoms with van der Waals surface area (Å²) in [5.74, 6) is -8.45. The second-order valence-electron chi connectivity index (χ2n) is 7.58. The van der Waals surface area contributed by atoms with Gasteiger partial charge >= 0.3 is 6.18 Å². The molecule has 0 aliphatic carbocycles. The number of hydrogen-bond donors (Lipinski definition) is 2. The summed E-state index contributed by atoms with van der Waals surface area (Å²) in [4.78, 5) is 31.7. The highest BCUT2D eigenvalue weighted by molar-refractivity contribution is 5.95. The molecule has 0 radical (unpaired) electrons. The molecular weight excluding hydrogens is 455 g/mol. The van der Waals surface area contributed by atoms with E-state index < -0.39 is 58.9 Å². The molecule has 1 aromatic heterocycles. The van der Waals surface area contributed by atoms with Crippen LogP contribution in [0.1, 0.15) is 35.8 Å². The van der Waals surface area contributed by atoms with E-state index in [2.05, 4.69) is 15.3 Å². The minimum atomic E-state index is -4.91. The van der Waals surface area contributed by atoms with Crippen LogP contribution in [0.5, 0.6) is 5.75 Å². The van der Waals surface area contributed by atoms with E-state index in [1.807, 2.05) is 0 Å². The van der Waals surface area contributed by atoms with E-state index in [0.717, 1.165) is 38.6 Å². The molecule has 3 rings (SSSR count). The van der Waals surface area contributed by atoms with Gasteiger partial charge in [0.15, 0.2) is 23.0 Å². The molecule has 1 aliphatic rings. The Bertz CT molecular complexity index is 1100. The quantitative estimate of drug-likeness (QED) is 0.644. The van der Waals surface area contributed by atoms with E-state index in [1.54, 1.807) is 0 Å². The smallest absolute Gasteiger partial charge is 0.417 e. The lowest BCUT2D eigenvalue weighted by atomic mass is 9.77. The third kappa shape index (κ3) is 4.19.